The summed E-state index contributed by atoms with van der Waals surface area (Å²) in [6.07, 6.45) is 3.86. The Morgan fingerprint density at radius 2 is 2.26 bits per heavy atom. The van der Waals surface area contributed by atoms with Crippen LogP contribution in [-0.4, -0.2) is 34.9 Å². The van der Waals surface area contributed by atoms with Crippen LogP contribution < -0.4 is 0 Å². The normalized spacial score (nSPS) is 18.2. The molecule has 0 amide bonds. The lowest BCUT2D eigenvalue weighted by Crippen LogP contribution is -2.20. The number of hydrogen-bond donors (Lipinski definition) is 0. The van der Waals surface area contributed by atoms with Crippen molar-refractivity contribution in [3.8, 4) is 0 Å². The van der Waals surface area contributed by atoms with Gasteiger partial charge in [-0.15, -0.1) is 11.3 Å². The van der Waals surface area contributed by atoms with Gasteiger partial charge >= 0.3 is 0 Å². The lowest BCUT2D eigenvalue weighted by atomic mass is 10.2. The zero-order chi connectivity index (χ0) is 16.2. The molecule has 5 heteroatoms. The SMILES string of the molecule is Cc1cc(C)n(CCCN(C)Cc2ccc(C3CCCO3)s2)n1. The summed E-state index contributed by atoms with van der Waals surface area (Å²) < 4.78 is 7.89. The molecule has 1 saturated heterocycles. The highest BCUT2D eigenvalue weighted by atomic mass is 32.1. The van der Waals surface area contributed by atoms with E-state index in [2.05, 4.69) is 53.8 Å². The van der Waals surface area contributed by atoms with Crippen molar-refractivity contribution in [2.75, 3.05) is 20.2 Å². The van der Waals surface area contributed by atoms with Crippen LogP contribution in [0.4, 0.5) is 0 Å². The minimum absolute atomic E-state index is 0.352. The standard InChI is InChI=1S/C18H27N3OS/c1-14-12-15(2)21(19-14)10-5-9-20(3)13-16-7-8-18(23-16)17-6-4-11-22-17/h7-8,12,17H,4-6,9-11,13H2,1-3H3. The summed E-state index contributed by atoms with van der Waals surface area (Å²) in [4.78, 5) is 5.23. The van der Waals surface area contributed by atoms with Crippen molar-refractivity contribution in [1.29, 1.82) is 0 Å². The number of hydrogen-bond acceptors (Lipinski definition) is 4. The van der Waals surface area contributed by atoms with E-state index in [-0.39, 0.29) is 0 Å². The molecule has 0 N–H and O–H groups in total. The van der Waals surface area contributed by atoms with Crippen LogP contribution in [0.2, 0.25) is 0 Å². The molecule has 3 rings (SSSR count). The van der Waals surface area contributed by atoms with E-state index in [0.29, 0.717) is 6.10 Å². The summed E-state index contributed by atoms with van der Waals surface area (Å²) in [5.41, 5.74) is 2.36. The van der Waals surface area contributed by atoms with Crippen molar-refractivity contribution < 1.29 is 4.74 Å². The van der Waals surface area contributed by atoms with Crippen molar-refractivity contribution in [2.45, 2.75) is 52.3 Å². The van der Waals surface area contributed by atoms with Gasteiger partial charge in [0.1, 0.15) is 0 Å². The topological polar surface area (TPSA) is 30.3 Å². The van der Waals surface area contributed by atoms with Gasteiger partial charge in [-0.25, -0.2) is 0 Å². The zero-order valence-corrected chi connectivity index (χ0v) is 15.2. The summed E-state index contributed by atoms with van der Waals surface area (Å²) >= 11 is 1.91. The van der Waals surface area contributed by atoms with Gasteiger partial charge in [-0.1, -0.05) is 0 Å². The van der Waals surface area contributed by atoms with E-state index < -0.39 is 0 Å². The average Bonchev–Trinajstić information content (AvgIpc) is 3.21. The third kappa shape index (κ3) is 4.43. The first kappa shape index (κ1) is 16.7. The molecule has 0 radical (unpaired) electrons. The molecular weight excluding hydrogens is 306 g/mol. The Labute approximate surface area is 143 Å². The predicted molar refractivity (Wildman–Crippen MR) is 94.9 cm³/mol. The summed E-state index contributed by atoms with van der Waals surface area (Å²) in [6, 6.07) is 6.65. The Kier molecular flexibility index (Phi) is 5.51. The van der Waals surface area contributed by atoms with E-state index >= 15 is 0 Å². The number of aryl methyl sites for hydroxylation is 3. The minimum Gasteiger partial charge on any atom is -0.373 e. The van der Waals surface area contributed by atoms with Crippen LogP contribution in [0.15, 0.2) is 18.2 Å². The molecule has 1 fully saturated rings. The molecule has 0 bridgehead atoms. The molecule has 126 valence electrons. The fourth-order valence-corrected chi connectivity index (χ4v) is 4.37. The third-order valence-electron chi connectivity index (χ3n) is 4.37. The van der Waals surface area contributed by atoms with E-state index in [9.17, 15) is 0 Å². The molecule has 1 atom stereocenters. The number of ether oxygens (including phenoxy) is 1. The van der Waals surface area contributed by atoms with Crippen LogP contribution in [0.25, 0.3) is 0 Å². The second kappa shape index (κ2) is 7.60. The van der Waals surface area contributed by atoms with E-state index in [1.54, 1.807) is 0 Å². The predicted octanol–water partition coefficient (Wildman–Crippen LogP) is 3.94. The van der Waals surface area contributed by atoms with Gasteiger partial charge in [0, 0.05) is 35.1 Å². The van der Waals surface area contributed by atoms with Crippen molar-refractivity contribution in [1.82, 2.24) is 14.7 Å². The Morgan fingerprint density at radius 1 is 1.39 bits per heavy atom. The van der Waals surface area contributed by atoms with Gasteiger partial charge in [-0.2, -0.15) is 5.10 Å². The molecule has 23 heavy (non-hydrogen) atoms. The van der Waals surface area contributed by atoms with Crippen LogP contribution in [0, 0.1) is 13.8 Å². The van der Waals surface area contributed by atoms with Crippen LogP contribution in [0.1, 0.15) is 46.5 Å². The second-order valence-electron chi connectivity index (χ2n) is 6.55. The maximum absolute atomic E-state index is 5.77. The van der Waals surface area contributed by atoms with Crippen LogP contribution >= 0.6 is 11.3 Å². The lowest BCUT2D eigenvalue weighted by molar-refractivity contribution is 0.114. The van der Waals surface area contributed by atoms with E-state index in [4.69, 9.17) is 4.74 Å². The first-order valence-corrected chi connectivity index (χ1v) is 9.33. The maximum atomic E-state index is 5.77. The van der Waals surface area contributed by atoms with Gasteiger partial charge in [0.25, 0.3) is 0 Å². The smallest absolute Gasteiger partial charge is 0.0917 e. The fourth-order valence-electron chi connectivity index (χ4n) is 3.19. The summed E-state index contributed by atoms with van der Waals surface area (Å²) in [5.74, 6) is 0. The minimum atomic E-state index is 0.352. The quantitative estimate of drug-likeness (QED) is 0.769. The largest absolute Gasteiger partial charge is 0.373 e. The van der Waals surface area contributed by atoms with Gasteiger partial charge < -0.3 is 9.64 Å². The Bertz CT molecular complexity index is 628. The summed E-state index contributed by atoms with van der Waals surface area (Å²) in [7, 11) is 2.20. The number of nitrogens with zero attached hydrogens (tertiary/aromatic N) is 3. The average molecular weight is 334 g/mol. The highest BCUT2D eigenvalue weighted by Gasteiger charge is 2.19. The molecule has 1 unspecified atom stereocenters. The number of rotatable bonds is 7. The molecule has 1 aliphatic rings. The highest BCUT2D eigenvalue weighted by molar-refractivity contribution is 7.12. The third-order valence-corrected chi connectivity index (χ3v) is 5.53. The highest BCUT2D eigenvalue weighted by Crippen LogP contribution is 2.33. The molecule has 4 nitrogen and oxygen atoms in total. The molecule has 0 saturated carbocycles. The molecule has 0 aromatic carbocycles. The van der Waals surface area contributed by atoms with Crippen molar-refractivity contribution in [3.05, 3.63) is 39.3 Å². The van der Waals surface area contributed by atoms with Crippen LogP contribution in [-0.2, 0) is 17.8 Å². The van der Waals surface area contributed by atoms with Gasteiger partial charge in [-0.3, -0.25) is 4.68 Å². The molecule has 3 heterocycles. The Morgan fingerprint density at radius 3 is 2.96 bits per heavy atom. The van der Waals surface area contributed by atoms with Crippen molar-refractivity contribution >= 4 is 11.3 Å². The monoisotopic (exact) mass is 333 g/mol. The first-order valence-electron chi connectivity index (χ1n) is 8.51. The summed E-state index contributed by atoms with van der Waals surface area (Å²) in [6.45, 7) is 8.21. The van der Waals surface area contributed by atoms with Crippen molar-refractivity contribution in [3.63, 3.8) is 0 Å². The van der Waals surface area contributed by atoms with Gasteiger partial charge in [0.2, 0.25) is 0 Å². The molecule has 2 aromatic heterocycles. The molecule has 2 aromatic rings. The molecule has 0 aliphatic carbocycles. The Balaban J connectivity index is 1.44. The van der Waals surface area contributed by atoms with Crippen LogP contribution in [0.5, 0.6) is 0 Å². The number of aromatic nitrogens is 2. The van der Waals surface area contributed by atoms with Crippen molar-refractivity contribution in [2.24, 2.45) is 0 Å². The number of thiophene rings is 1. The zero-order valence-electron chi connectivity index (χ0n) is 14.4. The molecular formula is C18H27N3OS. The summed E-state index contributed by atoms with van der Waals surface area (Å²) in [5, 5.41) is 4.52. The van der Waals surface area contributed by atoms with E-state index in [0.717, 1.165) is 38.4 Å². The lowest BCUT2D eigenvalue weighted by Gasteiger charge is -2.16. The van der Waals surface area contributed by atoms with E-state index in [1.165, 1.54) is 28.3 Å². The first-order chi connectivity index (χ1) is 11.1. The van der Waals surface area contributed by atoms with E-state index in [1.807, 2.05) is 11.3 Å². The van der Waals surface area contributed by atoms with Crippen LogP contribution in [0.3, 0.4) is 0 Å². The fraction of sp³-hybridized carbons (Fsp3) is 0.611. The Hall–Kier alpha value is -1.17. The van der Waals surface area contributed by atoms with Gasteiger partial charge in [0.15, 0.2) is 0 Å². The molecule has 1 aliphatic heterocycles. The van der Waals surface area contributed by atoms with Gasteiger partial charge in [-0.05, 0) is 64.9 Å². The van der Waals surface area contributed by atoms with Gasteiger partial charge in [0.05, 0.1) is 11.8 Å². The molecule has 0 spiro atoms. The maximum Gasteiger partial charge on any atom is 0.0917 e. The second-order valence-corrected chi connectivity index (χ2v) is 7.75.